The molecule has 0 saturated carbocycles. The van der Waals surface area contributed by atoms with Crippen molar-refractivity contribution in [3.05, 3.63) is 23.2 Å². The number of nitrogens with zero attached hydrogens (tertiary/aromatic N) is 5. The smallest absolute Gasteiger partial charge is 0.215 e. The van der Waals surface area contributed by atoms with Crippen LogP contribution in [0.15, 0.2) is 12.3 Å². The number of hydrogen-bond acceptors (Lipinski definition) is 8. The fourth-order valence-corrected chi connectivity index (χ4v) is 5.34. The number of aromatic nitrogens is 3. The molecular formula is C19H27ClN6O3S. The first-order valence-electron chi connectivity index (χ1n) is 10.2. The fraction of sp³-hybridized carbons (Fsp3) is 0.632. The van der Waals surface area contributed by atoms with E-state index in [-0.39, 0.29) is 18.2 Å². The summed E-state index contributed by atoms with van der Waals surface area (Å²) in [6.45, 7) is 3.94. The Labute approximate surface area is 181 Å². The second-order valence-corrected chi connectivity index (χ2v) is 10.3. The van der Waals surface area contributed by atoms with Crippen LogP contribution >= 0.6 is 11.6 Å². The van der Waals surface area contributed by atoms with Crippen LogP contribution in [0.1, 0.15) is 24.6 Å². The normalized spacial score (nSPS) is 19.9. The van der Waals surface area contributed by atoms with Gasteiger partial charge in [-0.05, 0) is 39.0 Å². The Kier molecular flexibility index (Phi) is 6.69. The summed E-state index contributed by atoms with van der Waals surface area (Å²) in [4.78, 5) is 15.9. The molecule has 0 radical (unpaired) electrons. The zero-order valence-corrected chi connectivity index (χ0v) is 18.6. The summed E-state index contributed by atoms with van der Waals surface area (Å²) in [6, 6.07) is 1.72. The molecule has 1 N–H and O–H groups in total. The quantitative estimate of drug-likeness (QED) is 0.656. The van der Waals surface area contributed by atoms with Gasteiger partial charge in [-0.15, -0.1) is 0 Å². The number of hydrogen-bond donors (Lipinski definition) is 1. The number of rotatable bonds is 6. The lowest BCUT2D eigenvalue weighted by atomic mass is 9.96. The zero-order valence-electron chi connectivity index (χ0n) is 17.1. The van der Waals surface area contributed by atoms with Crippen molar-refractivity contribution in [1.29, 1.82) is 0 Å². The second-order valence-electron chi connectivity index (χ2n) is 7.79. The highest BCUT2D eigenvalue weighted by molar-refractivity contribution is 7.89. The minimum Gasteiger partial charge on any atom is -0.379 e. The minimum atomic E-state index is -3.35. The highest BCUT2D eigenvalue weighted by atomic mass is 35.5. The summed E-state index contributed by atoms with van der Waals surface area (Å²) < 4.78 is 31.9. The molecule has 2 aliphatic rings. The van der Waals surface area contributed by atoms with E-state index in [1.807, 2.05) is 0 Å². The van der Waals surface area contributed by atoms with Crippen molar-refractivity contribution >= 4 is 38.3 Å². The maximum atomic E-state index is 12.6. The highest BCUT2D eigenvalue weighted by Gasteiger charge is 2.25. The van der Waals surface area contributed by atoms with E-state index in [0.717, 1.165) is 37.1 Å². The fourth-order valence-electron chi connectivity index (χ4n) is 3.86. The molecule has 4 heterocycles. The van der Waals surface area contributed by atoms with Crippen LogP contribution in [0.4, 0.5) is 5.82 Å². The third-order valence-corrected chi connectivity index (χ3v) is 7.74. The van der Waals surface area contributed by atoms with Crippen molar-refractivity contribution in [2.75, 3.05) is 64.1 Å². The van der Waals surface area contributed by atoms with Crippen molar-refractivity contribution < 1.29 is 13.2 Å². The molecule has 30 heavy (non-hydrogen) atoms. The zero-order chi connectivity index (χ0) is 21.1. The summed E-state index contributed by atoms with van der Waals surface area (Å²) in [5.41, 5.74) is 0.710. The van der Waals surface area contributed by atoms with Crippen molar-refractivity contribution in [1.82, 2.24) is 24.2 Å². The molecule has 2 aromatic heterocycles. The number of nitrogens with one attached hydrogen (secondary N) is 1. The molecule has 0 aromatic carbocycles. The Morgan fingerprint density at radius 2 is 1.93 bits per heavy atom. The molecule has 2 fully saturated rings. The second kappa shape index (κ2) is 9.27. The molecule has 2 saturated heterocycles. The highest BCUT2D eigenvalue weighted by Crippen LogP contribution is 2.29. The average Bonchev–Trinajstić information content (AvgIpc) is 2.75. The van der Waals surface area contributed by atoms with E-state index < -0.39 is 10.0 Å². The first-order valence-corrected chi connectivity index (χ1v) is 12.2. The molecule has 11 heteroatoms. The van der Waals surface area contributed by atoms with Gasteiger partial charge in [0.05, 0.1) is 30.7 Å². The lowest BCUT2D eigenvalue weighted by Crippen LogP contribution is -2.42. The molecule has 0 amide bonds. The van der Waals surface area contributed by atoms with Gasteiger partial charge in [0.1, 0.15) is 16.8 Å². The Morgan fingerprint density at radius 3 is 2.67 bits per heavy atom. The number of anilines is 1. The lowest BCUT2D eigenvalue weighted by molar-refractivity contribution is 0.0731. The lowest BCUT2D eigenvalue weighted by Gasteiger charge is -2.28. The number of fused-ring (bicyclic) bond motifs is 1. The number of piperidine rings is 1. The molecule has 2 aliphatic heterocycles. The third kappa shape index (κ3) is 5.00. The maximum absolute atomic E-state index is 12.6. The molecule has 0 bridgehead atoms. The van der Waals surface area contributed by atoms with E-state index in [0.29, 0.717) is 42.8 Å². The van der Waals surface area contributed by atoms with Gasteiger partial charge in [0.2, 0.25) is 10.0 Å². The van der Waals surface area contributed by atoms with Gasteiger partial charge >= 0.3 is 0 Å². The average molecular weight is 455 g/mol. The molecule has 0 spiro atoms. The van der Waals surface area contributed by atoms with E-state index in [1.165, 1.54) is 4.31 Å². The van der Waals surface area contributed by atoms with Crippen LogP contribution in [0.5, 0.6) is 0 Å². The van der Waals surface area contributed by atoms with Crippen LogP contribution in [-0.2, 0) is 14.8 Å². The SMILES string of the molecule is CN1CCC(c2nc(NCCS(=O)(=O)N3CCOCC3)c3cc(Cl)ncc3n2)CC1. The summed E-state index contributed by atoms with van der Waals surface area (Å²) in [5.74, 6) is 1.65. The Balaban J connectivity index is 1.53. The predicted molar refractivity (Wildman–Crippen MR) is 116 cm³/mol. The van der Waals surface area contributed by atoms with Gasteiger partial charge in [-0.3, -0.25) is 0 Å². The molecular weight excluding hydrogens is 428 g/mol. The molecule has 0 unspecified atom stereocenters. The third-order valence-electron chi connectivity index (χ3n) is 5.67. The minimum absolute atomic E-state index is 0.0130. The maximum Gasteiger partial charge on any atom is 0.215 e. The van der Waals surface area contributed by atoms with Gasteiger partial charge in [-0.2, -0.15) is 4.31 Å². The van der Waals surface area contributed by atoms with E-state index in [9.17, 15) is 8.42 Å². The largest absolute Gasteiger partial charge is 0.379 e. The predicted octanol–water partition coefficient (Wildman–Crippen LogP) is 1.56. The van der Waals surface area contributed by atoms with E-state index in [1.54, 1.807) is 12.3 Å². The van der Waals surface area contributed by atoms with Crippen LogP contribution in [0.2, 0.25) is 5.15 Å². The van der Waals surface area contributed by atoms with Gasteiger partial charge in [-0.25, -0.2) is 23.4 Å². The van der Waals surface area contributed by atoms with Crippen LogP contribution in [0.25, 0.3) is 10.9 Å². The molecule has 9 nitrogen and oxygen atoms in total. The van der Waals surface area contributed by atoms with E-state index in [2.05, 4.69) is 22.2 Å². The van der Waals surface area contributed by atoms with Crippen molar-refractivity contribution in [2.45, 2.75) is 18.8 Å². The van der Waals surface area contributed by atoms with E-state index in [4.69, 9.17) is 26.3 Å². The number of pyridine rings is 1. The van der Waals surface area contributed by atoms with Gasteiger partial charge in [0, 0.05) is 30.9 Å². The monoisotopic (exact) mass is 454 g/mol. The van der Waals surface area contributed by atoms with Crippen molar-refractivity contribution in [3.8, 4) is 0 Å². The van der Waals surface area contributed by atoms with Crippen LogP contribution < -0.4 is 5.32 Å². The van der Waals surface area contributed by atoms with Gasteiger partial charge in [0.25, 0.3) is 0 Å². The van der Waals surface area contributed by atoms with Gasteiger partial charge < -0.3 is 15.0 Å². The van der Waals surface area contributed by atoms with Gasteiger partial charge in [-0.1, -0.05) is 11.6 Å². The number of likely N-dealkylation sites (tertiary alicyclic amines) is 1. The molecule has 2 aromatic rings. The molecule has 0 atom stereocenters. The van der Waals surface area contributed by atoms with Crippen LogP contribution in [0, 0.1) is 0 Å². The number of morpholine rings is 1. The first kappa shape index (κ1) is 21.6. The molecule has 164 valence electrons. The van der Waals surface area contributed by atoms with Crippen LogP contribution in [-0.4, -0.2) is 91.3 Å². The van der Waals surface area contributed by atoms with Crippen molar-refractivity contribution in [3.63, 3.8) is 0 Å². The van der Waals surface area contributed by atoms with E-state index >= 15 is 0 Å². The summed E-state index contributed by atoms with van der Waals surface area (Å²) in [6.07, 6.45) is 3.63. The Morgan fingerprint density at radius 1 is 1.20 bits per heavy atom. The summed E-state index contributed by atoms with van der Waals surface area (Å²) in [5, 5.41) is 4.31. The topological polar surface area (TPSA) is 101 Å². The molecule has 4 rings (SSSR count). The first-order chi connectivity index (χ1) is 14.4. The molecule has 0 aliphatic carbocycles. The van der Waals surface area contributed by atoms with Crippen LogP contribution in [0.3, 0.4) is 0 Å². The number of sulfonamides is 1. The Bertz CT molecular complexity index is 991. The summed E-state index contributed by atoms with van der Waals surface area (Å²) >= 11 is 6.09. The Hall–Kier alpha value is -1.59. The number of halogens is 1. The standard InChI is InChI=1S/C19H27ClN6O3S/c1-25-5-2-14(3-6-25)18-23-16-13-22-17(20)12-15(16)19(24-18)21-4-11-30(27,28)26-7-9-29-10-8-26/h12-14H,2-11H2,1H3,(H,21,23,24). The number of ether oxygens (including phenoxy) is 1. The van der Waals surface area contributed by atoms with Crippen molar-refractivity contribution in [2.24, 2.45) is 0 Å². The summed E-state index contributed by atoms with van der Waals surface area (Å²) in [7, 11) is -1.23. The van der Waals surface area contributed by atoms with Gasteiger partial charge in [0.15, 0.2) is 0 Å².